The Hall–Kier alpha value is -3.45. The average Bonchev–Trinajstić information content (AvgIpc) is 3.13. The van der Waals surface area contributed by atoms with Gasteiger partial charge < -0.3 is 0 Å². The number of hydrogen-bond acceptors (Lipinski definition) is 4. The zero-order valence-electron chi connectivity index (χ0n) is 14.8. The van der Waals surface area contributed by atoms with Crippen LogP contribution in [0.3, 0.4) is 0 Å². The lowest BCUT2D eigenvalue weighted by atomic mass is 10.1. The Kier molecular flexibility index (Phi) is 4.90. The molecule has 2 heterocycles. The summed E-state index contributed by atoms with van der Waals surface area (Å²) in [6.07, 6.45) is 3.83. The van der Waals surface area contributed by atoms with Crippen molar-refractivity contribution in [3.8, 4) is 0 Å². The quantitative estimate of drug-likeness (QED) is 0.547. The molecule has 2 aromatic carbocycles. The fraction of sp³-hybridized carbons (Fsp3) is 0.100. The number of aromatic nitrogens is 4. The second kappa shape index (κ2) is 7.66. The number of fused-ring (bicyclic) bond motifs is 1. The first-order chi connectivity index (χ1) is 13.6. The fourth-order valence-corrected chi connectivity index (χ4v) is 3.01. The molecule has 2 N–H and O–H groups in total. The van der Waals surface area contributed by atoms with Crippen molar-refractivity contribution in [3.05, 3.63) is 88.8 Å². The number of rotatable bonds is 5. The Bertz CT molecular complexity index is 1180. The summed E-state index contributed by atoms with van der Waals surface area (Å²) in [5.41, 5.74) is 5.02. The summed E-state index contributed by atoms with van der Waals surface area (Å²) < 4.78 is 3.05. The second-order valence-corrected chi connectivity index (χ2v) is 6.69. The van der Waals surface area contributed by atoms with Crippen LogP contribution in [0.1, 0.15) is 15.9 Å². The van der Waals surface area contributed by atoms with Gasteiger partial charge in [0.05, 0.1) is 11.6 Å². The number of carbonyl (C=O) groups is 1. The number of carbonyl (C=O) groups excluding carboxylic acids is 1. The summed E-state index contributed by atoms with van der Waals surface area (Å²) in [5, 5.41) is 13.8. The molecule has 4 rings (SSSR count). The highest BCUT2D eigenvalue weighted by atomic mass is 35.5. The number of amides is 1. The van der Waals surface area contributed by atoms with Crippen LogP contribution >= 0.6 is 11.6 Å². The number of nitrogens with zero attached hydrogens (tertiary/aromatic N) is 4. The van der Waals surface area contributed by atoms with Crippen molar-refractivity contribution in [1.82, 2.24) is 19.4 Å². The molecule has 0 saturated carbocycles. The van der Waals surface area contributed by atoms with Gasteiger partial charge in [0, 0.05) is 17.1 Å². The predicted octanol–water partition coefficient (Wildman–Crippen LogP) is 2.99. The van der Waals surface area contributed by atoms with Gasteiger partial charge >= 0.3 is 0 Å². The zero-order valence-corrected chi connectivity index (χ0v) is 15.6. The summed E-state index contributed by atoms with van der Waals surface area (Å²) in [6, 6.07) is 16.6. The lowest BCUT2D eigenvalue weighted by Gasteiger charge is -2.09. The summed E-state index contributed by atoms with van der Waals surface area (Å²) in [4.78, 5) is 16.8. The molecule has 0 aliphatic heterocycles. The van der Waals surface area contributed by atoms with E-state index in [0.717, 1.165) is 6.42 Å². The zero-order chi connectivity index (χ0) is 19.5. The minimum Gasteiger partial charge on any atom is -0.282 e. The van der Waals surface area contributed by atoms with Crippen molar-refractivity contribution in [2.45, 2.75) is 13.0 Å². The van der Waals surface area contributed by atoms with Crippen molar-refractivity contribution in [2.75, 3.05) is 5.43 Å². The summed E-state index contributed by atoms with van der Waals surface area (Å²) in [6.45, 7) is 0.654. The van der Waals surface area contributed by atoms with Crippen molar-refractivity contribution in [3.63, 3.8) is 0 Å². The Morgan fingerprint density at radius 2 is 1.86 bits per heavy atom. The van der Waals surface area contributed by atoms with Gasteiger partial charge in [-0.3, -0.25) is 15.6 Å². The third-order valence-corrected chi connectivity index (χ3v) is 4.64. The molecule has 0 fully saturated rings. The summed E-state index contributed by atoms with van der Waals surface area (Å²) >= 11 is 5.85. The van der Waals surface area contributed by atoms with Crippen molar-refractivity contribution in [2.24, 2.45) is 0 Å². The minimum absolute atomic E-state index is 0.110. The third kappa shape index (κ3) is 3.65. The molecule has 1 amide bonds. The maximum Gasteiger partial charge on any atom is 0.270 e. The van der Waals surface area contributed by atoms with E-state index in [1.165, 1.54) is 16.6 Å². The molecule has 2 aromatic heterocycles. The van der Waals surface area contributed by atoms with E-state index in [4.69, 9.17) is 17.0 Å². The standard InChI is InChI=1S/C20H17ClN6O/c21-16-8-6-15(7-9-16)20(28)25-27-13-23-19-17(18(27)22)12-24-26(19)11-10-14-4-2-1-3-5-14/h1-9,12-13,22H,10-11H2,(H,25,28). The van der Waals surface area contributed by atoms with Gasteiger partial charge in [0.1, 0.15) is 6.33 Å². The molecule has 0 atom stereocenters. The van der Waals surface area contributed by atoms with Crippen LogP contribution in [0.15, 0.2) is 67.1 Å². The number of aryl methyl sites for hydroxylation is 2. The van der Waals surface area contributed by atoms with E-state index in [-0.39, 0.29) is 11.4 Å². The molecule has 0 bridgehead atoms. The molecule has 4 aromatic rings. The van der Waals surface area contributed by atoms with E-state index in [0.29, 0.717) is 28.2 Å². The third-order valence-electron chi connectivity index (χ3n) is 4.39. The van der Waals surface area contributed by atoms with E-state index < -0.39 is 0 Å². The van der Waals surface area contributed by atoms with Crippen LogP contribution in [0.5, 0.6) is 0 Å². The maximum absolute atomic E-state index is 12.4. The number of hydrogen-bond donors (Lipinski definition) is 2. The van der Waals surface area contributed by atoms with E-state index in [1.807, 2.05) is 18.2 Å². The lowest BCUT2D eigenvalue weighted by Crippen LogP contribution is -2.33. The molecule has 7 nitrogen and oxygen atoms in total. The van der Waals surface area contributed by atoms with Crippen LogP contribution in [-0.4, -0.2) is 25.3 Å². The first kappa shape index (κ1) is 17.9. The van der Waals surface area contributed by atoms with Crippen LogP contribution < -0.4 is 10.9 Å². The molecule has 0 aliphatic rings. The number of halogens is 1. The Morgan fingerprint density at radius 1 is 1.11 bits per heavy atom. The number of nitrogens with one attached hydrogen (secondary N) is 2. The predicted molar refractivity (Wildman–Crippen MR) is 107 cm³/mol. The number of benzene rings is 2. The van der Waals surface area contributed by atoms with Gasteiger partial charge in [-0.15, -0.1) is 0 Å². The van der Waals surface area contributed by atoms with Gasteiger partial charge in [-0.2, -0.15) is 5.10 Å². The second-order valence-electron chi connectivity index (χ2n) is 6.25. The molecule has 0 spiro atoms. The molecule has 28 heavy (non-hydrogen) atoms. The minimum atomic E-state index is -0.354. The van der Waals surface area contributed by atoms with Gasteiger partial charge in [0.2, 0.25) is 0 Å². The van der Waals surface area contributed by atoms with Crippen LogP contribution in [0.2, 0.25) is 5.02 Å². The topological polar surface area (TPSA) is 88.6 Å². The highest BCUT2D eigenvalue weighted by Gasteiger charge is 2.11. The first-order valence-electron chi connectivity index (χ1n) is 8.70. The van der Waals surface area contributed by atoms with Crippen LogP contribution in [-0.2, 0) is 13.0 Å². The van der Waals surface area contributed by atoms with Crippen LogP contribution in [0.4, 0.5) is 0 Å². The highest BCUT2D eigenvalue weighted by Crippen LogP contribution is 2.10. The SMILES string of the molecule is N=c1c2cnn(CCc3ccccc3)c2ncn1NC(=O)c1ccc(Cl)cc1. The van der Waals surface area contributed by atoms with E-state index in [2.05, 4.69) is 27.6 Å². The molecule has 0 unspecified atom stereocenters. The Morgan fingerprint density at radius 3 is 2.61 bits per heavy atom. The van der Waals surface area contributed by atoms with Crippen molar-refractivity contribution >= 4 is 28.5 Å². The lowest BCUT2D eigenvalue weighted by molar-refractivity contribution is 0.101. The van der Waals surface area contributed by atoms with Gasteiger partial charge in [0.25, 0.3) is 5.91 Å². The maximum atomic E-state index is 12.4. The molecule has 0 aliphatic carbocycles. The molecule has 0 saturated heterocycles. The summed E-state index contributed by atoms with van der Waals surface area (Å²) in [7, 11) is 0. The molecular formula is C20H17ClN6O. The molecular weight excluding hydrogens is 376 g/mol. The van der Waals surface area contributed by atoms with Crippen molar-refractivity contribution in [1.29, 1.82) is 5.41 Å². The average molecular weight is 393 g/mol. The molecule has 140 valence electrons. The van der Waals surface area contributed by atoms with Gasteiger partial charge in [-0.25, -0.2) is 14.3 Å². The Labute approximate surface area is 165 Å². The summed E-state index contributed by atoms with van der Waals surface area (Å²) in [5.74, 6) is -0.354. The van der Waals surface area contributed by atoms with Crippen LogP contribution in [0.25, 0.3) is 11.0 Å². The Balaban J connectivity index is 1.55. The molecule has 0 radical (unpaired) electrons. The molecule has 8 heteroatoms. The monoisotopic (exact) mass is 392 g/mol. The highest BCUT2D eigenvalue weighted by molar-refractivity contribution is 6.30. The van der Waals surface area contributed by atoms with E-state index in [9.17, 15) is 4.79 Å². The van der Waals surface area contributed by atoms with Crippen molar-refractivity contribution < 1.29 is 4.79 Å². The van der Waals surface area contributed by atoms with E-state index in [1.54, 1.807) is 35.1 Å². The smallest absolute Gasteiger partial charge is 0.270 e. The fourth-order valence-electron chi connectivity index (χ4n) is 2.89. The largest absolute Gasteiger partial charge is 0.282 e. The first-order valence-corrected chi connectivity index (χ1v) is 9.08. The van der Waals surface area contributed by atoms with Gasteiger partial charge in [0.15, 0.2) is 11.1 Å². The van der Waals surface area contributed by atoms with Gasteiger partial charge in [-0.1, -0.05) is 41.9 Å². The normalized spacial score (nSPS) is 10.9. The van der Waals surface area contributed by atoms with E-state index >= 15 is 0 Å². The van der Waals surface area contributed by atoms with Gasteiger partial charge in [-0.05, 0) is 36.2 Å². The van der Waals surface area contributed by atoms with Crippen LogP contribution in [0, 0.1) is 5.41 Å².